The van der Waals surface area contributed by atoms with Gasteiger partial charge in [-0.2, -0.15) is 3.96 Å². The van der Waals surface area contributed by atoms with Crippen LogP contribution in [-0.2, 0) is 0 Å². The summed E-state index contributed by atoms with van der Waals surface area (Å²) in [6, 6.07) is 6.96. The lowest BCUT2D eigenvalue weighted by molar-refractivity contribution is 0.243. The van der Waals surface area contributed by atoms with Crippen LogP contribution in [0.4, 0.5) is 4.79 Å². The molecule has 102 valence electrons. The third kappa shape index (κ3) is 3.23. The fraction of sp³-hybridized carbons (Fsp3) is 0.429. The Balaban J connectivity index is 2.01. The number of aromatic nitrogens is 1. The topological polar surface area (TPSA) is 51.1 Å². The molecule has 2 aromatic rings. The van der Waals surface area contributed by atoms with Crippen LogP contribution < -0.4 is 10.9 Å². The van der Waals surface area contributed by atoms with Crippen molar-refractivity contribution in [1.29, 1.82) is 0 Å². The summed E-state index contributed by atoms with van der Waals surface area (Å²) in [7, 11) is 0. The maximum atomic E-state index is 12.0. The number of unbranched alkanes of at least 4 members (excludes halogenated alkanes) is 3. The van der Waals surface area contributed by atoms with Crippen LogP contribution >= 0.6 is 11.5 Å². The molecule has 19 heavy (non-hydrogen) atoms. The number of carbonyl (C=O) groups excluding carboxylic acids is 1. The molecule has 0 aliphatic rings. The highest BCUT2D eigenvalue weighted by Crippen LogP contribution is 2.15. The molecule has 0 aliphatic heterocycles. The Kier molecular flexibility index (Phi) is 4.74. The van der Waals surface area contributed by atoms with Crippen LogP contribution in [0.3, 0.4) is 0 Å². The summed E-state index contributed by atoms with van der Waals surface area (Å²) in [4.78, 5) is 23.9. The summed E-state index contributed by atoms with van der Waals surface area (Å²) in [5.74, 6) is 0. The molecule has 0 atom stereocenters. The van der Waals surface area contributed by atoms with Crippen molar-refractivity contribution in [2.24, 2.45) is 0 Å². The van der Waals surface area contributed by atoms with Crippen LogP contribution in [0.1, 0.15) is 32.6 Å². The summed E-state index contributed by atoms with van der Waals surface area (Å²) in [5, 5.41) is 3.40. The molecule has 0 unspecified atom stereocenters. The standard InChI is InChI=1S/C14H18N2O2S/c1-2-3-4-7-10-15-14(18)16-13(17)11-8-5-6-9-12(11)19-16/h5-6,8-9H,2-4,7,10H2,1H3,(H,15,18). The molecule has 0 saturated heterocycles. The zero-order chi connectivity index (χ0) is 13.7. The predicted octanol–water partition coefficient (Wildman–Crippen LogP) is 3.20. The lowest BCUT2D eigenvalue weighted by atomic mass is 10.2. The van der Waals surface area contributed by atoms with Crippen LogP contribution in [0, 0.1) is 0 Å². The first-order valence-corrected chi connectivity index (χ1v) is 7.40. The van der Waals surface area contributed by atoms with Gasteiger partial charge in [0.05, 0.1) is 10.1 Å². The Morgan fingerprint density at radius 3 is 2.79 bits per heavy atom. The number of rotatable bonds is 5. The second-order valence-corrected chi connectivity index (χ2v) is 5.47. The molecule has 0 bridgehead atoms. The first kappa shape index (κ1) is 13.8. The van der Waals surface area contributed by atoms with Crippen LogP contribution in [0.2, 0.25) is 0 Å². The van der Waals surface area contributed by atoms with E-state index in [1.807, 2.05) is 18.2 Å². The van der Waals surface area contributed by atoms with Gasteiger partial charge in [0, 0.05) is 6.54 Å². The van der Waals surface area contributed by atoms with Crippen molar-refractivity contribution in [2.75, 3.05) is 6.54 Å². The van der Waals surface area contributed by atoms with Gasteiger partial charge in [-0.25, -0.2) is 4.79 Å². The Hall–Kier alpha value is -1.62. The fourth-order valence-corrected chi connectivity index (χ4v) is 2.84. The van der Waals surface area contributed by atoms with Crippen LogP contribution in [0.15, 0.2) is 29.1 Å². The summed E-state index contributed by atoms with van der Waals surface area (Å²) in [5.41, 5.74) is -0.230. The van der Waals surface area contributed by atoms with Crippen molar-refractivity contribution in [3.63, 3.8) is 0 Å². The van der Waals surface area contributed by atoms with Gasteiger partial charge in [0.2, 0.25) is 0 Å². The molecule has 0 fully saturated rings. The van der Waals surface area contributed by atoms with Crippen molar-refractivity contribution in [3.8, 4) is 0 Å². The fourth-order valence-electron chi connectivity index (χ4n) is 1.92. The van der Waals surface area contributed by atoms with Gasteiger partial charge in [0.25, 0.3) is 5.56 Å². The van der Waals surface area contributed by atoms with Crippen molar-refractivity contribution >= 4 is 27.6 Å². The van der Waals surface area contributed by atoms with E-state index >= 15 is 0 Å². The van der Waals surface area contributed by atoms with Crippen molar-refractivity contribution in [3.05, 3.63) is 34.6 Å². The molecule has 0 saturated carbocycles. The highest BCUT2D eigenvalue weighted by Gasteiger charge is 2.12. The van der Waals surface area contributed by atoms with Crippen molar-refractivity contribution < 1.29 is 4.79 Å². The quantitative estimate of drug-likeness (QED) is 0.854. The molecule has 1 heterocycles. The van der Waals surface area contributed by atoms with Gasteiger partial charge in [0.1, 0.15) is 0 Å². The molecule has 1 N–H and O–H groups in total. The van der Waals surface area contributed by atoms with E-state index in [1.165, 1.54) is 28.3 Å². The van der Waals surface area contributed by atoms with Crippen LogP contribution in [-0.4, -0.2) is 16.5 Å². The number of hydrogen-bond donors (Lipinski definition) is 1. The third-order valence-electron chi connectivity index (χ3n) is 2.98. The van der Waals surface area contributed by atoms with E-state index in [4.69, 9.17) is 0 Å². The second kappa shape index (κ2) is 6.52. The SMILES string of the molecule is CCCCCCNC(=O)n1sc2ccccc2c1=O. The van der Waals surface area contributed by atoms with Gasteiger partial charge in [-0.05, 0) is 30.1 Å². The minimum atomic E-state index is -0.317. The maximum Gasteiger partial charge on any atom is 0.338 e. The van der Waals surface area contributed by atoms with Gasteiger partial charge < -0.3 is 5.32 Å². The normalized spacial score (nSPS) is 10.8. The van der Waals surface area contributed by atoms with E-state index in [1.54, 1.807) is 6.07 Å². The summed E-state index contributed by atoms with van der Waals surface area (Å²) in [6.07, 6.45) is 4.42. The molecule has 2 rings (SSSR count). The number of carbonyl (C=O) groups is 1. The number of fused-ring (bicyclic) bond motifs is 1. The molecule has 1 aromatic heterocycles. The molecule has 1 aromatic carbocycles. The number of benzene rings is 1. The molecule has 0 radical (unpaired) electrons. The van der Waals surface area contributed by atoms with E-state index in [0.717, 1.165) is 17.5 Å². The molecular weight excluding hydrogens is 260 g/mol. The monoisotopic (exact) mass is 278 g/mol. The Bertz CT molecular complexity index is 615. The van der Waals surface area contributed by atoms with Gasteiger partial charge in [-0.15, -0.1) is 0 Å². The van der Waals surface area contributed by atoms with Crippen LogP contribution in [0.5, 0.6) is 0 Å². The number of hydrogen-bond acceptors (Lipinski definition) is 3. The van der Waals surface area contributed by atoms with Gasteiger partial charge in [-0.1, -0.05) is 38.3 Å². The highest BCUT2D eigenvalue weighted by atomic mass is 32.1. The minimum Gasteiger partial charge on any atom is -0.337 e. The van der Waals surface area contributed by atoms with E-state index in [9.17, 15) is 9.59 Å². The van der Waals surface area contributed by atoms with Crippen LogP contribution in [0.25, 0.3) is 10.1 Å². The maximum absolute atomic E-state index is 12.0. The summed E-state index contributed by atoms with van der Waals surface area (Å²) in [6.45, 7) is 2.77. The highest BCUT2D eigenvalue weighted by molar-refractivity contribution is 7.14. The molecule has 0 aliphatic carbocycles. The van der Waals surface area contributed by atoms with Gasteiger partial charge >= 0.3 is 6.03 Å². The zero-order valence-corrected chi connectivity index (χ0v) is 11.8. The average Bonchev–Trinajstić information content (AvgIpc) is 2.76. The predicted molar refractivity (Wildman–Crippen MR) is 79.0 cm³/mol. The largest absolute Gasteiger partial charge is 0.338 e. The van der Waals surface area contributed by atoms with E-state index in [2.05, 4.69) is 12.2 Å². The van der Waals surface area contributed by atoms with Gasteiger partial charge in [-0.3, -0.25) is 4.79 Å². The second-order valence-electron chi connectivity index (χ2n) is 4.48. The number of amides is 1. The smallest absolute Gasteiger partial charge is 0.337 e. The molecular formula is C14H18N2O2S. The molecule has 0 spiro atoms. The molecule has 4 nitrogen and oxygen atoms in total. The van der Waals surface area contributed by atoms with E-state index < -0.39 is 0 Å². The zero-order valence-electron chi connectivity index (χ0n) is 11.0. The molecule has 1 amide bonds. The number of nitrogens with zero attached hydrogens (tertiary/aromatic N) is 1. The van der Waals surface area contributed by atoms with E-state index in [0.29, 0.717) is 11.9 Å². The lowest BCUT2D eigenvalue weighted by Gasteiger charge is -2.03. The Labute approximate surface area is 116 Å². The lowest BCUT2D eigenvalue weighted by Crippen LogP contribution is -2.33. The Morgan fingerprint density at radius 2 is 2.05 bits per heavy atom. The average molecular weight is 278 g/mol. The van der Waals surface area contributed by atoms with E-state index in [-0.39, 0.29) is 11.6 Å². The Morgan fingerprint density at radius 1 is 1.26 bits per heavy atom. The van der Waals surface area contributed by atoms with Gasteiger partial charge in [0.15, 0.2) is 0 Å². The summed E-state index contributed by atoms with van der Waals surface area (Å²) >= 11 is 1.19. The first-order valence-electron chi connectivity index (χ1n) is 6.63. The third-order valence-corrected chi connectivity index (χ3v) is 4.05. The minimum absolute atomic E-state index is 0.230. The number of nitrogens with one attached hydrogen (secondary N) is 1. The summed E-state index contributed by atoms with van der Waals surface area (Å²) < 4.78 is 2.04. The van der Waals surface area contributed by atoms with Crippen molar-refractivity contribution in [2.45, 2.75) is 32.6 Å². The molecule has 5 heteroatoms. The van der Waals surface area contributed by atoms with Crippen molar-refractivity contribution in [1.82, 2.24) is 9.27 Å². The first-order chi connectivity index (χ1) is 9.24.